The van der Waals surface area contributed by atoms with Gasteiger partial charge in [-0.2, -0.15) is 26.3 Å². The average molecular weight is 586 g/mol. The maximum absolute atomic E-state index is 13.2. The zero-order valence-electron chi connectivity index (χ0n) is 21.0. The van der Waals surface area contributed by atoms with E-state index in [2.05, 4.69) is 10.4 Å². The molecule has 9 nitrogen and oxygen atoms in total. The standard InChI is InChI=1S/C23H29F6N5O4S/c1-13(38-16-10-31-32-21(36)19(16)23(27,28)29)12-37-6-2-18(35)33-4-5-34-15(11-33)3-7-39-17-8-14(22(24,25)26)9-30-20(17)34/h8-9,13,15-16,19,31H,2-7,10-12H2,1H3,(H,32,36)/t13-,15+,16?,19?/m0/s1. The minimum absolute atomic E-state index is 0.0317. The summed E-state index contributed by atoms with van der Waals surface area (Å²) in [6.07, 6.45) is -9.83. The molecule has 0 bridgehead atoms. The van der Waals surface area contributed by atoms with Crippen molar-refractivity contribution in [2.24, 2.45) is 5.92 Å². The van der Waals surface area contributed by atoms with Crippen LogP contribution in [0, 0.1) is 5.92 Å². The molecule has 4 rings (SSSR count). The number of amides is 2. The van der Waals surface area contributed by atoms with Crippen molar-refractivity contribution in [3.63, 3.8) is 0 Å². The van der Waals surface area contributed by atoms with E-state index >= 15 is 0 Å². The molecule has 39 heavy (non-hydrogen) atoms. The Bertz CT molecular complexity index is 1050. The van der Waals surface area contributed by atoms with Gasteiger partial charge in [-0.1, -0.05) is 0 Å². The number of hydrogen-bond acceptors (Lipinski definition) is 8. The number of nitrogens with one attached hydrogen (secondary N) is 2. The fourth-order valence-corrected chi connectivity index (χ4v) is 5.94. The minimum atomic E-state index is -4.76. The predicted octanol–water partition coefficient (Wildman–Crippen LogP) is 2.61. The van der Waals surface area contributed by atoms with E-state index in [4.69, 9.17) is 9.47 Å². The lowest BCUT2D eigenvalue weighted by Gasteiger charge is -2.41. The van der Waals surface area contributed by atoms with Gasteiger partial charge in [-0.25, -0.2) is 10.4 Å². The number of carbonyl (C=O) groups excluding carboxylic acids is 2. The lowest BCUT2D eigenvalue weighted by Crippen LogP contribution is -2.60. The van der Waals surface area contributed by atoms with Crippen molar-refractivity contribution in [2.75, 3.05) is 50.0 Å². The molecule has 1 aromatic heterocycles. The average Bonchev–Trinajstić information content (AvgIpc) is 3.03. The van der Waals surface area contributed by atoms with Crippen LogP contribution >= 0.6 is 11.8 Å². The fourth-order valence-electron chi connectivity index (χ4n) is 4.82. The number of hydrazine groups is 1. The van der Waals surface area contributed by atoms with E-state index in [1.807, 2.05) is 10.3 Å². The van der Waals surface area contributed by atoms with Crippen LogP contribution in [0.3, 0.4) is 0 Å². The lowest BCUT2D eigenvalue weighted by atomic mass is 9.99. The first kappa shape index (κ1) is 29.7. The smallest absolute Gasteiger partial charge is 0.378 e. The first-order chi connectivity index (χ1) is 18.3. The first-order valence-electron chi connectivity index (χ1n) is 12.4. The highest BCUT2D eigenvalue weighted by Gasteiger charge is 2.52. The number of piperazine rings is 1. The van der Waals surface area contributed by atoms with E-state index in [1.54, 1.807) is 4.90 Å². The zero-order chi connectivity index (χ0) is 28.4. The Hall–Kier alpha value is -2.30. The van der Waals surface area contributed by atoms with Gasteiger partial charge in [-0.3, -0.25) is 15.0 Å². The Balaban J connectivity index is 1.23. The Kier molecular flexibility index (Phi) is 9.18. The van der Waals surface area contributed by atoms with Crippen LogP contribution in [0.15, 0.2) is 17.2 Å². The van der Waals surface area contributed by atoms with Crippen LogP contribution in [0.25, 0.3) is 0 Å². The predicted molar refractivity (Wildman–Crippen MR) is 128 cm³/mol. The molecule has 0 aromatic carbocycles. The highest BCUT2D eigenvalue weighted by molar-refractivity contribution is 7.99. The third-order valence-electron chi connectivity index (χ3n) is 6.72. The van der Waals surface area contributed by atoms with E-state index in [-0.39, 0.29) is 38.1 Å². The van der Waals surface area contributed by atoms with Gasteiger partial charge in [0.2, 0.25) is 11.8 Å². The van der Waals surface area contributed by atoms with Crippen molar-refractivity contribution in [1.29, 1.82) is 0 Å². The second kappa shape index (κ2) is 12.1. The summed E-state index contributed by atoms with van der Waals surface area (Å²) < 4.78 is 89.9. The van der Waals surface area contributed by atoms with E-state index in [9.17, 15) is 35.9 Å². The van der Waals surface area contributed by atoms with Crippen LogP contribution in [0.4, 0.5) is 32.2 Å². The molecular weight excluding hydrogens is 556 g/mol. The largest absolute Gasteiger partial charge is 0.417 e. The zero-order valence-corrected chi connectivity index (χ0v) is 21.8. The SMILES string of the molecule is C[C@@H](COCCC(=O)N1CCN2c3ncc(C(F)(F)F)cc3SCC[C@@H]2C1)OC1CNNC(=O)C1C(F)(F)F. The molecule has 4 heterocycles. The van der Waals surface area contributed by atoms with Crippen molar-refractivity contribution in [3.8, 4) is 0 Å². The molecule has 218 valence electrons. The molecule has 2 saturated heterocycles. The van der Waals surface area contributed by atoms with Gasteiger partial charge in [-0.15, -0.1) is 11.8 Å². The van der Waals surface area contributed by atoms with Gasteiger partial charge < -0.3 is 19.3 Å². The fraction of sp³-hybridized carbons (Fsp3) is 0.696. The van der Waals surface area contributed by atoms with Crippen molar-refractivity contribution < 1.29 is 45.4 Å². The number of ether oxygens (including phenoxy) is 2. The Labute approximate surface area is 224 Å². The molecule has 1 aromatic rings. The van der Waals surface area contributed by atoms with Crippen molar-refractivity contribution >= 4 is 29.4 Å². The molecule has 0 saturated carbocycles. The Morgan fingerprint density at radius 1 is 1.26 bits per heavy atom. The van der Waals surface area contributed by atoms with Crippen LogP contribution in [-0.2, 0) is 25.2 Å². The third kappa shape index (κ3) is 7.27. The number of aromatic nitrogens is 1. The normalized spacial score (nSPS) is 24.9. The highest BCUT2D eigenvalue weighted by atomic mass is 32.2. The maximum Gasteiger partial charge on any atom is 0.417 e. The number of pyridine rings is 1. The summed E-state index contributed by atoms with van der Waals surface area (Å²) in [5.41, 5.74) is 3.55. The quantitative estimate of drug-likeness (QED) is 0.373. The maximum atomic E-state index is 13.2. The van der Waals surface area contributed by atoms with E-state index in [1.165, 1.54) is 18.7 Å². The van der Waals surface area contributed by atoms with Gasteiger partial charge in [0.15, 0.2) is 5.92 Å². The van der Waals surface area contributed by atoms with Crippen LogP contribution in [-0.4, -0.2) is 91.3 Å². The summed E-state index contributed by atoms with van der Waals surface area (Å²) in [5.74, 6) is -2.58. The summed E-state index contributed by atoms with van der Waals surface area (Å²) in [7, 11) is 0. The number of carbonyl (C=O) groups is 2. The van der Waals surface area contributed by atoms with E-state index in [0.717, 1.165) is 12.3 Å². The molecule has 2 fully saturated rings. The minimum Gasteiger partial charge on any atom is -0.378 e. The monoisotopic (exact) mass is 585 g/mol. The summed E-state index contributed by atoms with van der Waals surface area (Å²) in [5, 5.41) is 0. The molecule has 16 heteroatoms. The van der Waals surface area contributed by atoms with Gasteiger partial charge in [0, 0.05) is 44.2 Å². The summed E-state index contributed by atoms with van der Waals surface area (Å²) in [4.78, 5) is 32.6. The molecule has 4 atom stereocenters. The molecule has 0 spiro atoms. The number of rotatable bonds is 7. The number of fused-ring (bicyclic) bond motifs is 3. The van der Waals surface area contributed by atoms with Crippen molar-refractivity contribution in [3.05, 3.63) is 17.8 Å². The molecule has 0 radical (unpaired) electrons. The summed E-state index contributed by atoms with van der Waals surface area (Å²) in [6.45, 7) is 2.48. The topological polar surface area (TPSA) is 96.0 Å². The van der Waals surface area contributed by atoms with Gasteiger partial charge in [0.25, 0.3) is 0 Å². The molecule has 2 unspecified atom stereocenters. The van der Waals surface area contributed by atoms with Crippen molar-refractivity contribution in [1.82, 2.24) is 20.7 Å². The number of hydrogen-bond donors (Lipinski definition) is 2. The molecule has 0 aliphatic carbocycles. The van der Waals surface area contributed by atoms with Gasteiger partial charge in [0.05, 0.1) is 42.3 Å². The number of thioether (sulfide) groups is 1. The van der Waals surface area contributed by atoms with Crippen LogP contribution in [0.2, 0.25) is 0 Å². The summed E-state index contributed by atoms with van der Waals surface area (Å²) >= 11 is 1.32. The molecule has 2 N–H and O–H groups in total. The second-order valence-corrected chi connectivity index (χ2v) is 10.7. The third-order valence-corrected chi connectivity index (χ3v) is 7.77. The van der Waals surface area contributed by atoms with Crippen molar-refractivity contribution in [2.45, 2.75) is 55.3 Å². The number of nitrogens with zero attached hydrogens (tertiary/aromatic N) is 3. The number of alkyl halides is 6. The van der Waals surface area contributed by atoms with E-state index < -0.39 is 41.9 Å². The number of anilines is 1. The van der Waals surface area contributed by atoms with Gasteiger partial charge in [-0.05, 0) is 19.4 Å². The molecule has 3 aliphatic rings. The highest BCUT2D eigenvalue weighted by Crippen LogP contribution is 2.39. The van der Waals surface area contributed by atoms with Gasteiger partial charge >= 0.3 is 12.4 Å². The summed E-state index contributed by atoms with van der Waals surface area (Å²) in [6, 6.07) is 1.04. The second-order valence-electron chi connectivity index (χ2n) is 9.57. The molecule has 3 aliphatic heterocycles. The molecular formula is C23H29F6N5O4S. The van der Waals surface area contributed by atoms with E-state index in [0.29, 0.717) is 42.5 Å². The van der Waals surface area contributed by atoms with Crippen LogP contribution < -0.4 is 15.8 Å². The first-order valence-corrected chi connectivity index (χ1v) is 13.4. The number of halogens is 6. The Morgan fingerprint density at radius 3 is 2.74 bits per heavy atom. The van der Waals surface area contributed by atoms with Crippen LogP contribution in [0.1, 0.15) is 25.3 Å². The lowest BCUT2D eigenvalue weighted by molar-refractivity contribution is -0.219. The van der Waals surface area contributed by atoms with Crippen LogP contribution in [0.5, 0.6) is 0 Å². The Morgan fingerprint density at radius 2 is 2.03 bits per heavy atom. The molecule has 2 amide bonds. The van der Waals surface area contributed by atoms with Gasteiger partial charge in [0.1, 0.15) is 5.82 Å².